The van der Waals surface area contributed by atoms with Crippen LogP contribution in [0.4, 0.5) is 0 Å². The molecule has 0 fully saturated rings. The molecule has 7 nitrogen and oxygen atoms in total. The Morgan fingerprint density at radius 3 is 1.80 bits per heavy atom. The maximum atomic E-state index is 10.8. The Balaban J connectivity index is 4.69. The lowest BCUT2D eigenvalue weighted by Gasteiger charge is -2.20. The Labute approximate surface area is 85.7 Å². The quantitative estimate of drug-likeness (QED) is 0.399. The highest BCUT2D eigenvalue weighted by Crippen LogP contribution is 1.97. The maximum absolute atomic E-state index is 10.8. The van der Waals surface area contributed by atoms with Gasteiger partial charge in [-0.15, -0.1) is 0 Å². The van der Waals surface area contributed by atoms with Crippen LogP contribution < -0.4 is 5.32 Å². The first kappa shape index (κ1) is 13.5. The van der Waals surface area contributed by atoms with Crippen LogP contribution >= 0.6 is 0 Å². The molecule has 15 heavy (non-hydrogen) atoms. The van der Waals surface area contributed by atoms with Crippen molar-refractivity contribution in [3.8, 4) is 0 Å². The van der Waals surface area contributed by atoms with Gasteiger partial charge in [-0.05, 0) is 13.8 Å². The number of carboxylic acid groups (broad SMARTS) is 2. The van der Waals surface area contributed by atoms with Crippen LogP contribution in [0.15, 0.2) is 0 Å². The summed E-state index contributed by atoms with van der Waals surface area (Å²) in [6.07, 6.45) is -1.30. The van der Waals surface area contributed by atoms with Gasteiger partial charge in [0.1, 0.15) is 6.04 Å². The predicted octanol–water partition coefficient (Wildman–Crippen LogP) is -1.55. The third-order valence-corrected chi connectivity index (χ3v) is 1.75. The van der Waals surface area contributed by atoms with Crippen molar-refractivity contribution in [1.82, 2.24) is 5.32 Å². The number of aliphatic hydroxyl groups is 1. The summed E-state index contributed by atoms with van der Waals surface area (Å²) in [5, 5.41) is 28.3. The first-order valence-electron chi connectivity index (χ1n) is 4.17. The molecule has 0 saturated carbocycles. The first-order chi connectivity index (χ1) is 6.77. The molecule has 0 heterocycles. The lowest BCUT2D eigenvalue weighted by atomic mass is 10.1. The molecule has 0 amide bonds. The van der Waals surface area contributed by atoms with E-state index in [2.05, 4.69) is 5.32 Å². The van der Waals surface area contributed by atoms with Gasteiger partial charge in [0.05, 0.1) is 6.10 Å². The van der Waals surface area contributed by atoms with Crippen LogP contribution in [0.25, 0.3) is 0 Å². The average molecular weight is 219 g/mol. The zero-order chi connectivity index (χ0) is 12.2. The Kier molecular flexibility index (Phi) is 4.89. The zero-order valence-electron chi connectivity index (χ0n) is 8.30. The minimum absolute atomic E-state index is 0.727. The largest absolute Gasteiger partial charge is 0.480 e. The molecule has 0 aromatic rings. The van der Waals surface area contributed by atoms with E-state index in [0.717, 1.165) is 6.92 Å². The Morgan fingerprint density at radius 2 is 1.60 bits per heavy atom. The van der Waals surface area contributed by atoms with Gasteiger partial charge in [-0.25, -0.2) is 0 Å². The highest BCUT2D eigenvalue weighted by atomic mass is 16.4. The van der Waals surface area contributed by atoms with Crippen molar-refractivity contribution >= 4 is 17.7 Å². The molecule has 1 unspecified atom stereocenters. The van der Waals surface area contributed by atoms with E-state index in [1.165, 1.54) is 6.92 Å². The Bertz CT molecular complexity index is 260. The summed E-state index contributed by atoms with van der Waals surface area (Å²) in [7, 11) is 0. The van der Waals surface area contributed by atoms with Gasteiger partial charge in [-0.1, -0.05) is 0 Å². The molecule has 0 bridgehead atoms. The fourth-order valence-electron chi connectivity index (χ4n) is 0.959. The van der Waals surface area contributed by atoms with Crippen molar-refractivity contribution in [2.75, 3.05) is 0 Å². The molecule has 86 valence electrons. The van der Waals surface area contributed by atoms with Gasteiger partial charge in [0, 0.05) is 0 Å². The van der Waals surface area contributed by atoms with Gasteiger partial charge in [0.25, 0.3) is 0 Å². The Hall–Kier alpha value is -1.47. The van der Waals surface area contributed by atoms with E-state index in [9.17, 15) is 14.4 Å². The number of hydrogen-bond donors (Lipinski definition) is 4. The van der Waals surface area contributed by atoms with Crippen molar-refractivity contribution in [3.05, 3.63) is 0 Å². The molecule has 0 aromatic heterocycles. The molecule has 0 aromatic carbocycles. The SMILES string of the molecule is CC(=O)C(N[C@H](C(=O)O)[C@@H](C)O)C(=O)O. The molecule has 0 aliphatic heterocycles. The number of carbonyl (C=O) groups is 3. The number of nitrogens with one attached hydrogen (secondary N) is 1. The summed E-state index contributed by atoms with van der Waals surface area (Å²) in [6.45, 7) is 2.21. The van der Waals surface area contributed by atoms with Crippen molar-refractivity contribution in [2.45, 2.75) is 32.0 Å². The Morgan fingerprint density at radius 1 is 1.13 bits per heavy atom. The van der Waals surface area contributed by atoms with E-state index in [-0.39, 0.29) is 0 Å². The van der Waals surface area contributed by atoms with E-state index in [0.29, 0.717) is 0 Å². The standard InChI is InChI=1S/C8H13NO6/c1-3(10)5(7(12)13)9-6(4(2)11)8(14)15/h3,5-6,9-10H,1-2H3,(H,12,13)(H,14,15)/t3-,5+,6?/m1/s1. The van der Waals surface area contributed by atoms with Gasteiger partial charge in [0.2, 0.25) is 0 Å². The van der Waals surface area contributed by atoms with E-state index in [1.54, 1.807) is 0 Å². The van der Waals surface area contributed by atoms with Crippen LogP contribution in [0.3, 0.4) is 0 Å². The lowest BCUT2D eigenvalue weighted by Crippen LogP contribution is -2.54. The molecule has 0 aliphatic rings. The highest BCUT2D eigenvalue weighted by molar-refractivity contribution is 6.01. The number of ketones is 1. The molecule has 0 saturated heterocycles. The summed E-state index contributed by atoms with van der Waals surface area (Å²) in [4.78, 5) is 32.0. The second kappa shape index (κ2) is 5.42. The molecule has 0 spiro atoms. The summed E-state index contributed by atoms with van der Waals surface area (Å²) < 4.78 is 0. The third-order valence-electron chi connectivity index (χ3n) is 1.75. The number of hydrogen-bond acceptors (Lipinski definition) is 5. The van der Waals surface area contributed by atoms with Gasteiger partial charge in [0.15, 0.2) is 11.8 Å². The molecule has 0 rings (SSSR count). The van der Waals surface area contributed by atoms with Crippen molar-refractivity contribution in [2.24, 2.45) is 0 Å². The molecule has 4 N–H and O–H groups in total. The van der Waals surface area contributed by atoms with Crippen LogP contribution in [0, 0.1) is 0 Å². The van der Waals surface area contributed by atoms with Crippen molar-refractivity contribution in [3.63, 3.8) is 0 Å². The fourth-order valence-corrected chi connectivity index (χ4v) is 0.959. The third kappa shape index (κ3) is 4.05. The van der Waals surface area contributed by atoms with Crippen LogP contribution in [0.5, 0.6) is 0 Å². The first-order valence-corrected chi connectivity index (χ1v) is 4.17. The monoisotopic (exact) mass is 219 g/mol. The van der Waals surface area contributed by atoms with Gasteiger partial charge >= 0.3 is 11.9 Å². The summed E-state index contributed by atoms with van der Waals surface area (Å²) in [5.41, 5.74) is 0. The molecular weight excluding hydrogens is 206 g/mol. The van der Waals surface area contributed by atoms with Gasteiger partial charge in [-0.3, -0.25) is 19.7 Å². The maximum Gasteiger partial charge on any atom is 0.328 e. The number of rotatable bonds is 6. The van der Waals surface area contributed by atoms with Crippen molar-refractivity contribution < 1.29 is 29.7 Å². The normalized spacial score (nSPS) is 16.5. The van der Waals surface area contributed by atoms with E-state index >= 15 is 0 Å². The minimum Gasteiger partial charge on any atom is -0.480 e. The van der Waals surface area contributed by atoms with Crippen LogP contribution in [-0.4, -0.2) is 51.2 Å². The van der Waals surface area contributed by atoms with Gasteiger partial charge < -0.3 is 15.3 Å². The fraction of sp³-hybridized carbons (Fsp3) is 0.625. The zero-order valence-corrected chi connectivity index (χ0v) is 8.30. The summed E-state index contributed by atoms with van der Waals surface area (Å²) in [5.74, 6) is -3.62. The molecule has 0 radical (unpaired) electrons. The number of carboxylic acids is 2. The van der Waals surface area contributed by atoms with Crippen LogP contribution in [-0.2, 0) is 14.4 Å². The molecular formula is C8H13NO6. The van der Waals surface area contributed by atoms with Crippen molar-refractivity contribution in [1.29, 1.82) is 0 Å². The average Bonchev–Trinajstić information content (AvgIpc) is 2.01. The number of aliphatic hydroxyl groups excluding tert-OH is 1. The number of Topliss-reactive ketones (excluding diaryl/α,β-unsaturated/α-hetero) is 1. The van der Waals surface area contributed by atoms with E-state index < -0.39 is 35.9 Å². The van der Waals surface area contributed by atoms with Gasteiger partial charge in [-0.2, -0.15) is 0 Å². The molecule has 7 heteroatoms. The van der Waals surface area contributed by atoms with E-state index in [1.807, 2.05) is 0 Å². The molecule has 0 aliphatic carbocycles. The topological polar surface area (TPSA) is 124 Å². The number of carbonyl (C=O) groups excluding carboxylic acids is 1. The lowest BCUT2D eigenvalue weighted by molar-refractivity contribution is -0.146. The van der Waals surface area contributed by atoms with E-state index in [4.69, 9.17) is 15.3 Å². The second-order valence-electron chi connectivity index (χ2n) is 3.11. The van der Waals surface area contributed by atoms with Crippen LogP contribution in [0.2, 0.25) is 0 Å². The molecule has 3 atom stereocenters. The number of aliphatic carboxylic acids is 2. The highest BCUT2D eigenvalue weighted by Gasteiger charge is 2.31. The summed E-state index contributed by atoms with van der Waals surface area (Å²) in [6, 6.07) is -3.12. The minimum atomic E-state index is -1.62. The second-order valence-corrected chi connectivity index (χ2v) is 3.11. The predicted molar refractivity (Wildman–Crippen MR) is 48.3 cm³/mol. The summed E-state index contributed by atoms with van der Waals surface area (Å²) >= 11 is 0. The van der Waals surface area contributed by atoms with Crippen LogP contribution in [0.1, 0.15) is 13.8 Å². The smallest absolute Gasteiger partial charge is 0.328 e.